The van der Waals surface area contributed by atoms with Gasteiger partial charge in [0.1, 0.15) is 36.3 Å². The first kappa shape index (κ1) is 66.5. The first-order chi connectivity index (χ1) is 41.9. The topological polar surface area (TPSA) is 48.5 Å². The van der Waals surface area contributed by atoms with Crippen LogP contribution in [0, 0.1) is 35.2 Å². The van der Waals surface area contributed by atoms with E-state index in [1.165, 1.54) is 51.2 Å². The fraction of sp³-hybridized carbons (Fsp3) is 0.422. The number of fused-ring (bicyclic) bond motifs is 6. The van der Waals surface area contributed by atoms with Crippen molar-refractivity contribution in [2.75, 3.05) is 13.2 Å². The Labute approximate surface area is 541 Å². The van der Waals surface area contributed by atoms with E-state index in [1.807, 2.05) is 19.1 Å². The molecule has 8 heteroatoms. The molecule has 2 aromatic heterocycles. The lowest BCUT2D eigenvalue weighted by molar-refractivity contribution is 0.211. The quantitative estimate of drug-likeness (QED) is 0.117. The van der Waals surface area contributed by atoms with Crippen molar-refractivity contribution in [3.63, 3.8) is 0 Å². The molecule has 0 unspecified atom stereocenters. The Morgan fingerprint density at radius 1 is 0.374 bits per heavy atom. The van der Waals surface area contributed by atoms with Crippen LogP contribution in [0.4, 0.5) is 13.2 Å². The molecule has 0 spiro atoms. The van der Waals surface area contributed by atoms with Gasteiger partial charge in [-0.3, -0.25) is 0 Å². The molecule has 10 aromatic rings. The van der Waals surface area contributed by atoms with Crippen molar-refractivity contribution in [1.82, 2.24) is 9.13 Å². The van der Waals surface area contributed by atoms with Crippen LogP contribution in [0.5, 0.6) is 17.2 Å². The molecule has 1 N–H and O–H groups in total. The number of phenols is 1. The molecule has 2 heterocycles. The van der Waals surface area contributed by atoms with Gasteiger partial charge in [-0.05, 0) is 199 Å². The summed E-state index contributed by atoms with van der Waals surface area (Å²) in [4.78, 5) is 0. The van der Waals surface area contributed by atoms with E-state index in [0.717, 1.165) is 74.1 Å². The van der Waals surface area contributed by atoms with Gasteiger partial charge < -0.3 is 23.7 Å². The van der Waals surface area contributed by atoms with Gasteiger partial charge in [0.05, 0.1) is 27.8 Å². The molecule has 5 nitrogen and oxygen atoms in total. The number of aromatic hydroxyl groups is 1. The Bertz CT molecular complexity index is 4320. The molecule has 0 fully saturated rings. The molecule has 0 atom stereocenters. The van der Waals surface area contributed by atoms with Crippen molar-refractivity contribution in [3.05, 3.63) is 184 Å². The van der Waals surface area contributed by atoms with E-state index < -0.39 is 22.9 Å². The van der Waals surface area contributed by atoms with Crippen LogP contribution in [-0.2, 0) is 32.5 Å². The molecule has 8 aromatic carbocycles. The molecular weight excluding hydrogens is 1130 g/mol. The number of aryl methyl sites for hydroxylation is 1. The summed E-state index contributed by atoms with van der Waals surface area (Å²) in [5.74, 6) is -2.07. The van der Waals surface area contributed by atoms with Crippen molar-refractivity contribution in [1.29, 1.82) is 0 Å². The van der Waals surface area contributed by atoms with Crippen LogP contribution in [0.1, 0.15) is 204 Å². The second-order valence-corrected chi connectivity index (χ2v) is 34.1. The van der Waals surface area contributed by atoms with E-state index in [1.54, 1.807) is 0 Å². The fourth-order valence-electron chi connectivity index (χ4n) is 14.3. The maximum atomic E-state index is 16.9. The lowest BCUT2D eigenvalue weighted by atomic mass is 9.71. The molecule has 10 rings (SSSR count). The molecule has 91 heavy (non-hydrogen) atoms. The Hall–Kier alpha value is -7.45. The molecule has 0 amide bonds. The van der Waals surface area contributed by atoms with E-state index in [9.17, 15) is 5.11 Å². The third kappa shape index (κ3) is 13.5. The third-order valence-electron chi connectivity index (χ3n) is 18.4. The van der Waals surface area contributed by atoms with Gasteiger partial charge in [-0.2, -0.15) is 0 Å². The number of phenolic OH excluding ortho intramolecular Hbond substituents is 1. The summed E-state index contributed by atoms with van der Waals surface area (Å²) in [6.07, 6.45) is 1.64. The van der Waals surface area contributed by atoms with Crippen LogP contribution in [0.25, 0.3) is 77.2 Å². The van der Waals surface area contributed by atoms with E-state index in [4.69, 9.17) is 9.47 Å². The smallest absolute Gasteiger partial charge is 0.168 e. The molecule has 480 valence electrons. The van der Waals surface area contributed by atoms with Crippen molar-refractivity contribution in [2.24, 2.45) is 10.8 Å². The van der Waals surface area contributed by atoms with Gasteiger partial charge in [-0.15, -0.1) is 0 Å². The molecule has 0 saturated carbocycles. The lowest BCUT2D eigenvalue weighted by Gasteiger charge is -2.34. The molecule has 0 bridgehead atoms. The van der Waals surface area contributed by atoms with E-state index >= 15 is 13.2 Å². The Morgan fingerprint density at radius 3 is 1.18 bits per heavy atom. The minimum absolute atomic E-state index is 0.0145. The van der Waals surface area contributed by atoms with Crippen LogP contribution in [-0.4, -0.2) is 27.5 Å². The van der Waals surface area contributed by atoms with Gasteiger partial charge in [0.15, 0.2) is 11.6 Å². The van der Waals surface area contributed by atoms with Gasteiger partial charge >= 0.3 is 0 Å². The largest absolute Gasteiger partial charge is 0.505 e. The Balaban J connectivity index is 1.09. The van der Waals surface area contributed by atoms with Crippen LogP contribution < -0.4 is 9.47 Å². The summed E-state index contributed by atoms with van der Waals surface area (Å²) >= 11 is 0. The van der Waals surface area contributed by atoms with Gasteiger partial charge in [0.25, 0.3) is 0 Å². The second kappa shape index (κ2) is 23.0. The summed E-state index contributed by atoms with van der Waals surface area (Å²) < 4.78 is 66.9. The van der Waals surface area contributed by atoms with Crippen molar-refractivity contribution >= 4 is 43.6 Å². The van der Waals surface area contributed by atoms with Crippen molar-refractivity contribution < 1.29 is 27.8 Å². The van der Waals surface area contributed by atoms with E-state index in [0.29, 0.717) is 22.6 Å². The van der Waals surface area contributed by atoms with Crippen molar-refractivity contribution in [3.8, 4) is 50.9 Å². The standard InChI is InChI=1S/C83H99F3N2O3/c1-49-34-57(84)44-60(50-35-55(82(20,21)47-76(2,3)4)37-59(36-50)87-68-28-24-51(78(8,9)10)38-61(68)62-39-52(79(11,12)13)25-29-69(62)87)74(49)90-32-33-91-75-66(45-58(85)46-67(75)86)65-42-56(83(22,23)48-77(5,6)7)43-72(73(65)89)88-70-30-26-53(80(14,15)16)40-63(70)64-41-54(81(17,18)19)27-31-71(64)88/h24-31,34-46,89H,32-33,47-48H2,1-23H3. The number of ether oxygens (including phenoxy) is 2. The third-order valence-corrected chi connectivity index (χ3v) is 18.4. The molecule has 0 radical (unpaired) electrons. The predicted molar refractivity (Wildman–Crippen MR) is 379 cm³/mol. The zero-order valence-electron chi connectivity index (χ0n) is 58.7. The van der Waals surface area contributed by atoms with Crippen LogP contribution in [0.2, 0.25) is 0 Å². The average Bonchev–Trinajstić information content (AvgIpc) is 1.62. The van der Waals surface area contributed by atoms with Crippen LogP contribution in [0.15, 0.2) is 127 Å². The number of hydrogen-bond donors (Lipinski definition) is 1. The zero-order chi connectivity index (χ0) is 66.8. The average molecular weight is 1230 g/mol. The molecule has 0 aliphatic rings. The highest BCUT2D eigenvalue weighted by Gasteiger charge is 2.34. The van der Waals surface area contributed by atoms with Gasteiger partial charge in [0, 0.05) is 50.0 Å². The minimum Gasteiger partial charge on any atom is -0.505 e. The minimum atomic E-state index is -0.924. The SMILES string of the molecule is Cc1cc(F)cc(-c2cc(-n3c4ccc(C(C)(C)C)cc4c4cc(C(C)(C)C)ccc43)cc(C(C)(C)CC(C)(C)C)c2)c1OCCOc1c(F)cc(F)cc1-c1cc(C(C)(C)CC(C)(C)C)cc(-n2c3ccc(C(C)(C)C)cc3c3cc(C(C)(C)C)ccc32)c1O. The number of benzene rings is 8. The van der Waals surface area contributed by atoms with Crippen LogP contribution in [0.3, 0.4) is 0 Å². The lowest BCUT2D eigenvalue weighted by Crippen LogP contribution is -2.25. The second-order valence-electron chi connectivity index (χ2n) is 34.1. The molecule has 0 aliphatic carbocycles. The highest BCUT2D eigenvalue weighted by atomic mass is 19.1. The number of rotatable bonds is 13. The van der Waals surface area contributed by atoms with Crippen molar-refractivity contribution in [2.45, 2.75) is 205 Å². The van der Waals surface area contributed by atoms with Gasteiger partial charge in [-0.25, -0.2) is 13.2 Å². The summed E-state index contributed by atoms with van der Waals surface area (Å²) in [5.41, 5.74) is 13.1. The Kier molecular flexibility index (Phi) is 16.8. The van der Waals surface area contributed by atoms with Crippen LogP contribution >= 0.6 is 0 Å². The highest BCUT2D eigenvalue weighted by Crippen LogP contribution is 2.50. The number of halogens is 3. The number of aromatic nitrogens is 2. The van der Waals surface area contributed by atoms with Gasteiger partial charge in [-0.1, -0.05) is 183 Å². The number of hydrogen-bond acceptors (Lipinski definition) is 3. The van der Waals surface area contributed by atoms with E-state index in [2.05, 4.69) is 252 Å². The normalized spacial score (nSPS) is 13.4. The highest BCUT2D eigenvalue weighted by molar-refractivity contribution is 6.11. The summed E-state index contributed by atoms with van der Waals surface area (Å²) in [7, 11) is 0. The molecule has 0 saturated heterocycles. The first-order valence-electron chi connectivity index (χ1n) is 32.7. The van der Waals surface area contributed by atoms with Gasteiger partial charge in [0.2, 0.25) is 0 Å². The molecule has 0 aliphatic heterocycles. The Morgan fingerprint density at radius 2 is 0.758 bits per heavy atom. The monoisotopic (exact) mass is 1230 g/mol. The fourth-order valence-corrected chi connectivity index (χ4v) is 14.3. The predicted octanol–water partition coefficient (Wildman–Crippen LogP) is 23.7. The summed E-state index contributed by atoms with van der Waals surface area (Å²) in [6, 6.07) is 42.4. The summed E-state index contributed by atoms with van der Waals surface area (Å²) in [6.45, 7) is 50.7. The maximum Gasteiger partial charge on any atom is 0.168 e. The molecular formula is C83H99F3N2O3. The number of nitrogens with zero attached hydrogens (tertiary/aromatic N) is 2. The van der Waals surface area contributed by atoms with E-state index in [-0.39, 0.29) is 73.7 Å². The maximum absolute atomic E-state index is 16.9. The first-order valence-corrected chi connectivity index (χ1v) is 32.7. The summed E-state index contributed by atoms with van der Waals surface area (Å²) in [5, 5.41) is 17.5. The zero-order valence-corrected chi connectivity index (χ0v) is 58.7.